The van der Waals surface area contributed by atoms with Gasteiger partial charge in [-0.15, -0.1) is 10.2 Å². The van der Waals surface area contributed by atoms with E-state index in [-0.39, 0.29) is 12.0 Å². The largest absolute Gasteiger partial charge is 0.377 e. The van der Waals surface area contributed by atoms with Gasteiger partial charge in [-0.05, 0) is 39.0 Å². The molecule has 128 valence electrons. The second-order valence-electron chi connectivity index (χ2n) is 6.64. The lowest BCUT2D eigenvalue weighted by atomic mass is 9.89. The number of likely N-dealkylation sites (tertiary alicyclic amines) is 1. The molecule has 0 aromatic carbocycles. The molecule has 1 aromatic heterocycles. The molecule has 23 heavy (non-hydrogen) atoms. The van der Waals surface area contributed by atoms with Crippen LogP contribution in [0, 0.1) is 5.92 Å². The third-order valence-corrected chi connectivity index (χ3v) is 5.32. The molecule has 6 nitrogen and oxygen atoms in total. The number of carbonyl (C=O) groups excluding carboxylic acids is 1. The molecular weight excluding hydrogens is 292 g/mol. The van der Waals surface area contributed by atoms with Crippen molar-refractivity contribution in [2.75, 3.05) is 19.7 Å². The van der Waals surface area contributed by atoms with Crippen molar-refractivity contribution in [3.8, 4) is 0 Å². The number of hydrogen-bond donors (Lipinski definition) is 0. The summed E-state index contributed by atoms with van der Waals surface area (Å²) in [5, 5.41) is 8.32. The van der Waals surface area contributed by atoms with E-state index in [1.54, 1.807) is 6.33 Å². The van der Waals surface area contributed by atoms with Crippen LogP contribution in [0.25, 0.3) is 0 Å². The van der Waals surface area contributed by atoms with Crippen molar-refractivity contribution in [2.45, 2.75) is 64.5 Å². The number of ether oxygens (including phenoxy) is 1. The summed E-state index contributed by atoms with van der Waals surface area (Å²) < 4.78 is 7.91. The quantitative estimate of drug-likeness (QED) is 0.853. The molecule has 0 bridgehead atoms. The third-order valence-electron chi connectivity index (χ3n) is 5.32. The highest BCUT2D eigenvalue weighted by Gasteiger charge is 2.35. The molecule has 0 aliphatic carbocycles. The smallest absolute Gasteiger partial charge is 0.228 e. The number of carbonyl (C=O) groups is 1. The Morgan fingerprint density at radius 3 is 2.78 bits per heavy atom. The highest BCUT2D eigenvalue weighted by atomic mass is 16.5. The zero-order valence-electron chi connectivity index (χ0n) is 14.3. The Kier molecular flexibility index (Phi) is 5.30. The number of amides is 1. The molecule has 2 unspecified atom stereocenters. The van der Waals surface area contributed by atoms with Crippen molar-refractivity contribution in [1.29, 1.82) is 0 Å². The van der Waals surface area contributed by atoms with Gasteiger partial charge in [0.05, 0.1) is 12.0 Å². The fourth-order valence-corrected chi connectivity index (χ4v) is 3.94. The van der Waals surface area contributed by atoms with Crippen molar-refractivity contribution >= 4 is 5.91 Å². The van der Waals surface area contributed by atoms with Gasteiger partial charge >= 0.3 is 0 Å². The first-order valence-electron chi connectivity index (χ1n) is 9.02. The Labute approximate surface area is 138 Å². The Bertz CT molecular complexity index is 522. The Balaban J connectivity index is 1.59. The number of rotatable bonds is 4. The van der Waals surface area contributed by atoms with E-state index in [1.807, 2.05) is 4.90 Å². The lowest BCUT2D eigenvalue weighted by Crippen LogP contribution is -2.46. The van der Waals surface area contributed by atoms with Gasteiger partial charge in [0.15, 0.2) is 0 Å². The summed E-state index contributed by atoms with van der Waals surface area (Å²) in [4.78, 5) is 14.9. The molecule has 0 saturated carbocycles. The molecule has 3 rings (SSSR count). The number of aromatic nitrogens is 3. The van der Waals surface area contributed by atoms with Gasteiger partial charge in [-0.3, -0.25) is 4.79 Å². The summed E-state index contributed by atoms with van der Waals surface area (Å²) in [6, 6.07) is 0. The van der Waals surface area contributed by atoms with Crippen LogP contribution >= 0.6 is 0 Å². The van der Waals surface area contributed by atoms with Crippen molar-refractivity contribution in [1.82, 2.24) is 19.7 Å². The number of aryl methyl sites for hydroxylation is 1. The first-order valence-corrected chi connectivity index (χ1v) is 9.02. The average molecular weight is 320 g/mol. The molecule has 1 aromatic rings. The molecule has 0 N–H and O–H groups in total. The van der Waals surface area contributed by atoms with Crippen LogP contribution in [0.4, 0.5) is 0 Å². The van der Waals surface area contributed by atoms with Gasteiger partial charge in [0.1, 0.15) is 12.2 Å². The summed E-state index contributed by atoms with van der Waals surface area (Å²) in [5.41, 5.74) is 0. The normalized spacial score (nSPS) is 26.4. The van der Waals surface area contributed by atoms with Gasteiger partial charge in [0.25, 0.3) is 0 Å². The van der Waals surface area contributed by atoms with E-state index in [4.69, 9.17) is 4.74 Å². The Morgan fingerprint density at radius 1 is 1.30 bits per heavy atom. The van der Waals surface area contributed by atoms with Gasteiger partial charge in [0.2, 0.25) is 5.91 Å². The van der Waals surface area contributed by atoms with Gasteiger partial charge < -0.3 is 14.2 Å². The van der Waals surface area contributed by atoms with Crippen molar-refractivity contribution in [3.05, 3.63) is 12.2 Å². The standard InChI is InChI=1S/C17H28N4O2/c1-3-15-14(6-5-11-23-15)17(22)21-9-7-13(8-10-21)16-19-18-12-20(16)4-2/h12-15H,3-11H2,1-2H3. The van der Waals surface area contributed by atoms with Crippen LogP contribution in [0.2, 0.25) is 0 Å². The number of piperidine rings is 1. The van der Waals surface area contributed by atoms with E-state index < -0.39 is 0 Å². The highest BCUT2D eigenvalue weighted by Crippen LogP contribution is 2.30. The van der Waals surface area contributed by atoms with E-state index in [0.717, 1.165) is 64.2 Å². The number of nitrogens with zero attached hydrogens (tertiary/aromatic N) is 4. The highest BCUT2D eigenvalue weighted by molar-refractivity contribution is 5.79. The maximum atomic E-state index is 12.9. The van der Waals surface area contributed by atoms with Gasteiger partial charge in [0, 0.05) is 32.2 Å². The Hall–Kier alpha value is -1.43. The summed E-state index contributed by atoms with van der Waals surface area (Å²) in [7, 11) is 0. The minimum atomic E-state index is 0.0598. The molecule has 0 radical (unpaired) electrons. The summed E-state index contributed by atoms with van der Waals surface area (Å²) in [6.07, 6.45) is 6.77. The van der Waals surface area contributed by atoms with Crippen LogP contribution in [0.5, 0.6) is 0 Å². The van der Waals surface area contributed by atoms with Gasteiger partial charge in [-0.2, -0.15) is 0 Å². The van der Waals surface area contributed by atoms with Crippen molar-refractivity contribution in [3.63, 3.8) is 0 Å². The molecule has 2 atom stereocenters. The fraction of sp³-hybridized carbons (Fsp3) is 0.824. The second kappa shape index (κ2) is 7.43. The average Bonchev–Trinajstić information content (AvgIpc) is 3.10. The predicted octanol–water partition coefficient (Wildman–Crippen LogP) is 2.21. The maximum absolute atomic E-state index is 12.9. The van der Waals surface area contributed by atoms with Crippen LogP contribution in [0.15, 0.2) is 6.33 Å². The third kappa shape index (κ3) is 3.42. The maximum Gasteiger partial charge on any atom is 0.228 e. The molecule has 0 spiro atoms. The van der Waals surface area contributed by atoms with E-state index in [2.05, 4.69) is 28.6 Å². The first-order chi connectivity index (χ1) is 11.2. The van der Waals surface area contributed by atoms with E-state index >= 15 is 0 Å². The SMILES string of the molecule is CCC1OCCCC1C(=O)N1CCC(c2nncn2CC)CC1. The minimum absolute atomic E-state index is 0.0598. The van der Waals surface area contributed by atoms with E-state index in [9.17, 15) is 4.79 Å². The molecule has 2 fully saturated rings. The molecule has 2 saturated heterocycles. The summed E-state index contributed by atoms with van der Waals surface area (Å²) in [5.74, 6) is 1.86. The molecule has 1 amide bonds. The van der Waals surface area contributed by atoms with Gasteiger partial charge in [-0.1, -0.05) is 6.92 Å². The zero-order valence-corrected chi connectivity index (χ0v) is 14.3. The van der Waals surface area contributed by atoms with Crippen LogP contribution < -0.4 is 0 Å². The second-order valence-corrected chi connectivity index (χ2v) is 6.64. The molecule has 2 aliphatic rings. The number of hydrogen-bond acceptors (Lipinski definition) is 4. The molecular formula is C17H28N4O2. The molecule has 2 aliphatic heterocycles. The summed E-state index contributed by atoms with van der Waals surface area (Å²) in [6.45, 7) is 7.58. The monoisotopic (exact) mass is 320 g/mol. The van der Waals surface area contributed by atoms with Crippen molar-refractivity contribution in [2.24, 2.45) is 5.92 Å². The zero-order chi connectivity index (χ0) is 16.2. The molecule has 3 heterocycles. The van der Waals surface area contributed by atoms with E-state index in [0.29, 0.717) is 11.8 Å². The minimum Gasteiger partial charge on any atom is -0.377 e. The predicted molar refractivity (Wildman–Crippen MR) is 87.0 cm³/mol. The fourth-order valence-electron chi connectivity index (χ4n) is 3.94. The topological polar surface area (TPSA) is 60.2 Å². The Morgan fingerprint density at radius 2 is 2.09 bits per heavy atom. The van der Waals surface area contributed by atoms with Crippen LogP contribution in [-0.4, -0.2) is 51.4 Å². The van der Waals surface area contributed by atoms with E-state index in [1.165, 1.54) is 0 Å². The lowest BCUT2D eigenvalue weighted by Gasteiger charge is -2.37. The first kappa shape index (κ1) is 16.4. The van der Waals surface area contributed by atoms with Crippen LogP contribution in [0.1, 0.15) is 57.7 Å². The lowest BCUT2D eigenvalue weighted by molar-refractivity contribution is -0.146. The molecule has 6 heteroatoms. The van der Waals surface area contributed by atoms with Gasteiger partial charge in [-0.25, -0.2) is 0 Å². The van der Waals surface area contributed by atoms with Crippen molar-refractivity contribution < 1.29 is 9.53 Å². The van der Waals surface area contributed by atoms with Crippen LogP contribution in [0.3, 0.4) is 0 Å². The summed E-state index contributed by atoms with van der Waals surface area (Å²) >= 11 is 0. The van der Waals surface area contributed by atoms with Crippen LogP contribution in [-0.2, 0) is 16.1 Å².